The van der Waals surface area contributed by atoms with Gasteiger partial charge in [-0.05, 0) is 24.6 Å². The first-order valence-electron chi connectivity index (χ1n) is 4.46. The minimum atomic E-state index is -0.544. The number of carbonyl (C=O) groups is 1. The van der Waals surface area contributed by atoms with E-state index in [4.69, 9.17) is 9.47 Å². The van der Waals surface area contributed by atoms with Gasteiger partial charge in [0.1, 0.15) is 0 Å². The molecule has 0 radical (unpaired) electrons. The van der Waals surface area contributed by atoms with Gasteiger partial charge in [0, 0.05) is 7.11 Å². The van der Waals surface area contributed by atoms with Crippen LogP contribution in [-0.2, 0) is 11.3 Å². The normalized spacial score (nSPS) is 10.1. The van der Waals surface area contributed by atoms with Crippen LogP contribution in [0.2, 0.25) is 0 Å². The summed E-state index contributed by atoms with van der Waals surface area (Å²) in [6.45, 7) is 1.63. The van der Waals surface area contributed by atoms with E-state index < -0.39 is 5.82 Å². The molecule has 0 bridgehead atoms. The first-order chi connectivity index (χ1) is 7.10. The lowest BCUT2D eigenvalue weighted by Gasteiger charge is -2.09. The summed E-state index contributed by atoms with van der Waals surface area (Å²) in [7, 11) is 2.84. The van der Waals surface area contributed by atoms with Crippen molar-refractivity contribution in [3.8, 4) is 5.75 Å². The molecule has 1 aromatic carbocycles. The number of hydrogen-bond acceptors (Lipinski definition) is 3. The molecule has 0 aliphatic carbocycles. The summed E-state index contributed by atoms with van der Waals surface area (Å²) >= 11 is 0. The molecule has 0 aliphatic heterocycles. The molecule has 82 valence electrons. The standard InChI is InChI=1S/C11H13FO3/c1-7(13)9-4-8(6-14-2)5-10(12)11(9)15-3/h4-5H,6H2,1-3H3. The summed E-state index contributed by atoms with van der Waals surface area (Å²) in [4.78, 5) is 11.2. The van der Waals surface area contributed by atoms with Crippen LogP contribution in [0.1, 0.15) is 22.8 Å². The van der Waals surface area contributed by atoms with Gasteiger partial charge < -0.3 is 9.47 Å². The molecular weight excluding hydrogens is 199 g/mol. The number of rotatable bonds is 4. The minimum Gasteiger partial charge on any atom is -0.493 e. The van der Waals surface area contributed by atoms with Crippen molar-refractivity contribution in [1.29, 1.82) is 0 Å². The Morgan fingerprint density at radius 3 is 2.53 bits per heavy atom. The van der Waals surface area contributed by atoms with Crippen LogP contribution in [-0.4, -0.2) is 20.0 Å². The Bertz CT molecular complexity index is 374. The molecule has 0 saturated heterocycles. The van der Waals surface area contributed by atoms with E-state index in [0.717, 1.165) is 0 Å². The predicted octanol–water partition coefficient (Wildman–Crippen LogP) is 2.18. The van der Waals surface area contributed by atoms with Gasteiger partial charge in [-0.3, -0.25) is 4.79 Å². The van der Waals surface area contributed by atoms with Gasteiger partial charge in [0.05, 0.1) is 19.3 Å². The molecule has 0 heterocycles. The summed E-state index contributed by atoms with van der Waals surface area (Å²) in [5.74, 6) is -0.789. The van der Waals surface area contributed by atoms with E-state index >= 15 is 0 Å². The van der Waals surface area contributed by atoms with Gasteiger partial charge in [-0.2, -0.15) is 0 Å². The first-order valence-corrected chi connectivity index (χ1v) is 4.46. The number of Topliss-reactive ketones (excluding diaryl/α,β-unsaturated/α-hetero) is 1. The highest BCUT2D eigenvalue weighted by Gasteiger charge is 2.14. The Labute approximate surface area is 87.8 Å². The van der Waals surface area contributed by atoms with Crippen LogP contribution in [0.5, 0.6) is 5.75 Å². The van der Waals surface area contributed by atoms with Crippen molar-refractivity contribution in [3.05, 3.63) is 29.1 Å². The molecule has 0 aliphatic rings. The Morgan fingerprint density at radius 1 is 1.40 bits per heavy atom. The minimum absolute atomic E-state index is 0.0117. The van der Waals surface area contributed by atoms with Gasteiger partial charge in [-0.1, -0.05) is 0 Å². The van der Waals surface area contributed by atoms with E-state index in [9.17, 15) is 9.18 Å². The van der Waals surface area contributed by atoms with Gasteiger partial charge in [-0.15, -0.1) is 0 Å². The lowest BCUT2D eigenvalue weighted by molar-refractivity contribution is 0.101. The predicted molar refractivity (Wildman–Crippen MR) is 53.7 cm³/mol. The molecule has 0 unspecified atom stereocenters. The third-order valence-electron chi connectivity index (χ3n) is 2.00. The van der Waals surface area contributed by atoms with E-state index in [1.54, 1.807) is 6.07 Å². The van der Waals surface area contributed by atoms with E-state index in [-0.39, 0.29) is 23.7 Å². The third-order valence-corrected chi connectivity index (χ3v) is 2.00. The maximum absolute atomic E-state index is 13.5. The Kier molecular flexibility index (Phi) is 3.80. The second-order valence-corrected chi connectivity index (χ2v) is 3.15. The van der Waals surface area contributed by atoms with E-state index in [1.807, 2.05) is 0 Å². The lowest BCUT2D eigenvalue weighted by atomic mass is 10.1. The second-order valence-electron chi connectivity index (χ2n) is 3.15. The van der Waals surface area contributed by atoms with Crippen LogP contribution in [0, 0.1) is 5.82 Å². The summed E-state index contributed by atoms with van der Waals surface area (Å²) < 4.78 is 23.2. The van der Waals surface area contributed by atoms with Crippen molar-refractivity contribution in [3.63, 3.8) is 0 Å². The number of ketones is 1. The summed E-state index contributed by atoms with van der Waals surface area (Å²) in [6, 6.07) is 2.88. The third kappa shape index (κ3) is 2.53. The zero-order chi connectivity index (χ0) is 11.4. The zero-order valence-electron chi connectivity index (χ0n) is 8.96. The second kappa shape index (κ2) is 4.89. The van der Waals surface area contributed by atoms with Crippen LogP contribution < -0.4 is 4.74 Å². The Balaban J connectivity index is 3.25. The van der Waals surface area contributed by atoms with Crippen LogP contribution in [0.15, 0.2) is 12.1 Å². The van der Waals surface area contributed by atoms with Gasteiger partial charge in [0.2, 0.25) is 0 Å². The highest BCUT2D eigenvalue weighted by atomic mass is 19.1. The lowest BCUT2D eigenvalue weighted by Crippen LogP contribution is -2.02. The van der Waals surface area contributed by atoms with Crippen molar-refractivity contribution in [1.82, 2.24) is 0 Å². The quantitative estimate of drug-likeness (QED) is 0.717. The average Bonchev–Trinajstić information content (AvgIpc) is 2.17. The van der Waals surface area contributed by atoms with Gasteiger partial charge in [0.15, 0.2) is 17.3 Å². The summed E-state index contributed by atoms with van der Waals surface area (Å²) in [6.07, 6.45) is 0. The molecule has 0 saturated carbocycles. The summed E-state index contributed by atoms with van der Waals surface area (Å²) in [5.41, 5.74) is 0.852. The van der Waals surface area contributed by atoms with E-state index in [2.05, 4.69) is 0 Å². The number of hydrogen-bond donors (Lipinski definition) is 0. The van der Waals surface area contributed by atoms with E-state index in [0.29, 0.717) is 5.56 Å². The molecular formula is C11H13FO3. The van der Waals surface area contributed by atoms with Crippen LogP contribution >= 0.6 is 0 Å². The molecule has 15 heavy (non-hydrogen) atoms. The summed E-state index contributed by atoms with van der Waals surface area (Å²) in [5, 5.41) is 0. The first kappa shape index (κ1) is 11.7. The number of halogens is 1. The smallest absolute Gasteiger partial charge is 0.166 e. The largest absolute Gasteiger partial charge is 0.493 e. The molecule has 0 fully saturated rings. The molecule has 0 aromatic heterocycles. The number of carbonyl (C=O) groups excluding carboxylic acids is 1. The van der Waals surface area contributed by atoms with Gasteiger partial charge >= 0.3 is 0 Å². The van der Waals surface area contributed by atoms with Crippen LogP contribution in [0.3, 0.4) is 0 Å². The molecule has 0 N–H and O–H groups in total. The molecule has 4 heteroatoms. The van der Waals surface area contributed by atoms with E-state index in [1.165, 1.54) is 27.2 Å². The Morgan fingerprint density at radius 2 is 2.07 bits per heavy atom. The van der Waals surface area contributed by atoms with Crippen molar-refractivity contribution in [2.24, 2.45) is 0 Å². The number of benzene rings is 1. The Hall–Kier alpha value is -1.42. The molecule has 0 spiro atoms. The maximum atomic E-state index is 13.5. The maximum Gasteiger partial charge on any atom is 0.166 e. The molecule has 1 rings (SSSR count). The van der Waals surface area contributed by atoms with Gasteiger partial charge in [0.25, 0.3) is 0 Å². The number of ether oxygens (including phenoxy) is 2. The monoisotopic (exact) mass is 212 g/mol. The van der Waals surface area contributed by atoms with Crippen molar-refractivity contribution < 1.29 is 18.7 Å². The van der Waals surface area contributed by atoms with Crippen molar-refractivity contribution >= 4 is 5.78 Å². The number of methoxy groups -OCH3 is 2. The fourth-order valence-electron chi connectivity index (χ4n) is 1.37. The molecule has 0 atom stereocenters. The van der Waals surface area contributed by atoms with Crippen LogP contribution in [0.25, 0.3) is 0 Å². The SMILES string of the molecule is COCc1cc(F)c(OC)c(C(C)=O)c1. The average molecular weight is 212 g/mol. The van der Waals surface area contributed by atoms with Crippen molar-refractivity contribution in [2.75, 3.05) is 14.2 Å². The van der Waals surface area contributed by atoms with Gasteiger partial charge in [-0.25, -0.2) is 4.39 Å². The topological polar surface area (TPSA) is 35.5 Å². The van der Waals surface area contributed by atoms with Crippen molar-refractivity contribution in [2.45, 2.75) is 13.5 Å². The molecule has 0 amide bonds. The highest BCUT2D eigenvalue weighted by molar-refractivity contribution is 5.97. The molecule has 1 aromatic rings. The zero-order valence-corrected chi connectivity index (χ0v) is 8.96. The fourth-order valence-corrected chi connectivity index (χ4v) is 1.37. The molecule has 3 nitrogen and oxygen atoms in total. The van der Waals surface area contributed by atoms with Crippen LogP contribution in [0.4, 0.5) is 4.39 Å². The fraction of sp³-hybridized carbons (Fsp3) is 0.364. The highest BCUT2D eigenvalue weighted by Crippen LogP contribution is 2.25.